The fraction of sp³-hybridized carbons (Fsp3) is 0.632. The second-order valence-corrected chi connectivity index (χ2v) is 7.11. The van der Waals surface area contributed by atoms with Crippen LogP contribution in [0.3, 0.4) is 0 Å². The minimum Gasteiger partial charge on any atom is -0.355 e. The van der Waals surface area contributed by atoms with Gasteiger partial charge in [0, 0.05) is 12.5 Å². The molecule has 22 heavy (non-hydrogen) atoms. The normalized spacial score (nSPS) is 21.6. The molecule has 1 heterocycles. The number of benzene rings is 1. The van der Waals surface area contributed by atoms with Crippen LogP contribution in [-0.2, 0) is 11.2 Å². The fourth-order valence-corrected chi connectivity index (χ4v) is 4.07. The van der Waals surface area contributed by atoms with Gasteiger partial charge in [0.2, 0.25) is 5.91 Å². The molecule has 3 nitrogen and oxygen atoms in total. The molecule has 0 bridgehead atoms. The summed E-state index contributed by atoms with van der Waals surface area (Å²) in [5.41, 5.74) is 1.68. The van der Waals surface area contributed by atoms with Gasteiger partial charge in [-0.3, -0.25) is 4.79 Å². The summed E-state index contributed by atoms with van der Waals surface area (Å²) in [6, 6.07) is 10.7. The summed E-state index contributed by atoms with van der Waals surface area (Å²) < 4.78 is 0. The zero-order chi connectivity index (χ0) is 15.3. The number of rotatable bonds is 5. The first-order valence-corrected chi connectivity index (χ1v) is 8.80. The summed E-state index contributed by atoms with van der Waals surface area (Å²) >= 11 is 0. The Morgan fingerprint density at radius 3 is 2.50 bits per heavy atom. The number of hydrogen-bond donors (Lipinski definition) is 2. The van der Waals surface area contributed by atoms with Crippen molar-refractivity contribution in [2.75, 3.05) is 19.6 Å². The van der Waals surface area contributed by atoms with Crippen molar-refractivity contribution in [3.8, 4) is 0 Å². The molecule has 0 atom stereocenters. The summed E-state index contributed by atoms with van der Waals surface area (Å²) in [7, 11) is 0. The lowest BCUT2D eigenvalue weighted by atomic mass is 9.79. The molecule has 2 N–H and O–H groups in total. The standard InChI is InChI=1S/C19H28N2O/c22-18(17-8-12-20-13-9-17)21-15-19(10-4-5-11-19)14-16-6-2-1-3-7-16/h1-3,6-7,17,20H,4-5,8-15H2,(H,21,22). The molecule has 1 saturated carbocycles. The van der Waals surface area contributed by atoms with E-state index in [2.05, 4.69) is 41.0 Å². The second kappa shape index (κ2) is 7.28. The van der Waals surface area contributed by atoms with Crippen molar-refractivity contribution >= 4 is 5.91 Å². The topological polar surface area (TPSA) is 41.1 Å². The van der Waals surface area contributed by atoms with E-state index in [1.807, 2.05) is 0 Å². The number of hydrogen-bond acceptors (Lipinski definition) is 2. The molecule has 1 aromatic carbocycles. The molecule has 0 radical (unpaired) electrons. The van der Waals surface area contributed by atoms with Crippen LogP contribution in [0, 0.1) is 11.3 Å². The van der Waals surface area contributed by atoms with E-state index in [4.69, 9.17) is 0 Å². The average Bonchev–Trinajstić information content (AvgIpc) is 3.03. The zero-order valence-electron chi connectivity index (χ0n) is 13.4. The Labute approximate surface area is 133 Å². The highest BCUT2D eigenvalue weighted by atomic mass is 16.1. The summed E-state index contributed by atoms with van der Waals surface area (Å²) in [6.45, 7) is 2.81. The van der Waals surface area contributed by atoms with E-state index < -0.39 is 0 Å². The summed E-state index contributed by atoms with van der Waals surface area (Å²) in [6.07, 6.45) is 8.16. The van der Waals surface area contributed by atoms with Crippen molar-refractivity contribution < 1.29 is 4.79 Å². The predicted molar refractivity (Wildman–Crippen MR) is 89.7 cm³/mol. The highest BCUT2D eigenvalue weighted by Crippen LogP contribution is 2.40. The van der Waals surface area contributed by atoms with E-state index in [0.29, 0.717) is 0 Å². The van der Waals surface area contributed by atoms with Crippen LogP contribution in [0.5, 0.6) is 0 Å². The zero-order valence-corrected chi connectivity index (χ0v) is 13.4. The summed E-state index contributed by atoms with van der Waals surface area (Å²) in [4.78, 5) is 12.4. The van der Waals surface area contributed by atoms with Crippen molar-refractivity contribution in [2.24, 2.45) is 11.3 Å². The Morgan fingerprint density at radius 2 is 1.82 bits per heavy atom. The van der Waals surface area contributed by atoms with Crippen LogP contribution in [0.1, 0.15) is 44.1 Å². The first-order chi connectivity index (χ1) is 10.8. The highest BCUT2D eigenvalue weighted by molar-refractivity contribution is 5.78. The number of carbonyl (C=O) groups excluding carboxylic acids is 1. The smallest absolute Gasteiger partial charge is 0.223 e. The Balaban J connectivity index is 1.58. The van der Waals surface area contributed by atoms with Gasteiger partial charge in [0.25, 0.3) is 0 Å². The van der Waals surface area contributed by atoms with Gasteiger partial charge < -0.3 is 10.6 Å². The SMILES string of the molecule is O=C(NCC1(Cc2ccccc2)CCCC1)C1CCNCC1. The van der Waals surface area contributed by atoms with Crippen LogP contribution in [0.25, 0.3) is 0 Å². The molecule has 1 amide bonds. The van der Waals surface area contributed by atoms with Gasteiger partial charge in [-0.1, -0.05) is 43.2 Å². The first kappa shape index (κ1) is 15.5. The van der Waals surface area contributed by atoms with Gasteiger partial charge in [-0.25, -0.2) is 0 Å². The van der Waals surface area contributed by atoms with Crippen molar-refractivity contribution in [3.63, 3.8) is 0 Å². The maximum absolute atomic E-state index is 12.4. The van der Waals surface area contributed by atoms with E-state index >= 15 is 0 Å². The second-order valence-electron chi connectivity index (χ2n) is 7.11. The fourth-order valence-electron chi connectivity index (χ4n) is 4.07. The van der Waals surface area contributed by atoms with Gasteiger partial charge in [-0.15, -0.1) is 0 Å². The van der Waals surface area contributed by atoms with E-state index in [-0.39, 0.29) is 17.2 Å². The Bertz CT molecular complexity index is 473. The Kier molecular flexibility index (Phi) is 5.14. The van der Waals surface area contributed by atoms with Crippen LogP contribution in [-0.4, -0.2) is 25.5 Å². The number of carbonyl (C=O) groups is 1. The highest BCUT2D eigenvalue weighted by Gasteiger charge is 2.35. The third kappa shape index (κ3) is 3.89. The van der Waals surface area contributed by atoms with Gasteiger partial charge in [-0.2, -0.15) is 0 Å². The molecular formula is C19H28N2O. The van der Waals surface area contributed by atoms with E-state index in [1.54, 1.807) is 0 Å². The molecule has 3 heteroatoms. The third-order valence-electron chi connectivity index (χ3n) is 5.43. The average molecular weight is 300 g/mol. The molecule has 1 aliphatic heterocycles. The molecule has 0 spiro atoms. The maximum atomic E-state index is 12.4. The summed E-state index contributed by atoms with van der Waals surface area (Å²) in [5.74, 6) is 0.497. The first-order valence-electron chi connectivity index (χ1n) is 8.80. The van der Waals surface area contributed by atoms with Crippen molar-refractivity contribution in [1.29, 1.82) is 0 Å². The van der Waals surface area contributed by atoms with Gasteiger partial charge in [0.1, 0.15) is 0 Å². The molecule has 1 saturated heterocycles. The molecule has 2 fully saturated rings. The summed E-state index contributed by atoms with van der Waals surface area (Å²) in [5, 5.41) is 6.62. The van der Waals surface area contributed by atoms with E-state index in [1.165, 1.54) is 31.2 Å². The monoisotopic (exact) mass is 300 g/mol. The van der Waals surface area contributed by atoms with Crippen molar-refractivity contribution in [1.82, 2.24) is 10.6 Å². The molecular weight excluding hydrogens is 272 g/mol. The number of amides is 1. The van der Waals surface area contributed by atoms with Crippen LogP contribution >= 0.6 is 0 Å². The van der Waals surface area contributed by atoms with Crippen LogP contribution < -0.4 is 10.6 Å². The Hall–Kier alpha value is -1.35. The molecule has 120 valence electrons. The van der Waals surface area contributed by atoms with Gasteiger partial charge in [-0.05, 0) is 56.2 Å². The molecule has 0 aromatic heterocycles. The van der Waals surface area contributed by atoms with E-state index in [9.17, 15) is 4.79 Å². The third-order valence-corrected chi connectivity index (χ3v) is 5.43. The van der Waals surface area contributed by atoms with Crippen molar-refractivity contribution in [2.45, 2.75) is 44.9 Å². The number of nitrogens with one attached hydrogen (secondary N) is 2. The van der Waals surface area contributed by atoms with Gasteiger partial charge in [0.05, 0.1) is 0 Å². The molecule has 1 aliphatic carbocycles. The molecule has 0 unspecified atom stereocenters. The van der Waals surface area contributed by atoms with E-state index in [0.717, 1.165) is 38.9 Å². The van der Waals surface area contributed by atoms with Crippen molar-refractivity contribution in [3.05, 3.63) is 35.9 Å². The molecule has 1 aromatic rings. The largest absolute Gasteiger partial charge is 0.355 e. The van der Waals surface area contributed by atoms with Crippen LogP contribution in [0.15, 0.2) is 30.3 Å². The quantitative estimate of drug-likeness (QED) is 0.878. The van der Waals surface area contributed by atoms with Crippen LogP contribution in [0.4, 0.5) is 0 Å². The lowest BCUT2D eigenvalue weighted by Gasteiger charge is -2.31. The lowest BCUT2D eigenvalue weighted by Crippen LogP contribution is -2.43. The maximum Gasteiger partial charge on any atom is 0.223 e. The molecule has 2 aliphatic rings. The van der Waals surface area contributed by atoms with Gasteiger partial charge in [0.15, 0.2) is 0 Å². The lowest BCUT2D eigenvalue weighted by molar-refractivity contribution is -0.126. The minimum atomic E-state index is 0.219. The van der Waals surface area contributed by atoms with Crippen LogP contribution in [0.2, 0.25) is 0 Å². The molecule has 3 rings (SSSR count). The Morgan fingerprint density at radius 1 is 1.14 bits per heavy atom. The number of piperidine rings is 1. The predicted octanol–water partition coefficient (Wildman–Crippen LogP) is 2.91. The minimum absolute atomic E-state index is 0.219. The van der Waals surface area contributed by atoms with Gasteiger partial charge >= 0.3 is 0 Å².